The van der Waals surface area contributed by atoms with Gasteiger partial charge in [-0.3, -0.25) is 5.32 Å². The second kappa shape index (κ2) is 6.39. The summed E-state index contributed by atoms with van der Waals surface area (Å²) in [6.45, 7) is 2.73. The maximum atomic E-state index is 5.30. The van der Waals surface area contributed by atoms with Crippen molar-refractivity contribution in [1.29, 1.82) is 0 Å². The lowest BCUT2D eigenvalue weighted by molar-refractivity contribution is 0.0717. The standard InChI is InChI=1S/C6H15NOS/c1-6(4-9-3)8-5-7-2/h6-7H,4-5H2,1-3H3. The average Bonchev–Trinajstić information content (AvgIpc) is 1.85. The predicted molar refractivity (Wildman–Crippen MR) is 42.9 cm³/mol. The first kappa shape index (κ1) is 9.27. The van der Waals surface area contributed by atoms with Gasteiger partial charge in [0, 0.05) is 5.75 Å². The van der Waals surface area contributed by atoms with Gasteiger partial charge in [0.05, 0.1) is 12.8 Å². The third-order valence-electron chi connectivity index (χ3n) is 0.914. The molecule has 1 N–H and O–H groups in total. The molecule has 0 fully saturated rings. The molecule has 1 atom stereocenters. The fourth-order valence-electron chi connectivity index (χ4n) is 0.508. The Morgan fingerprint density at radius 2 is 2.33 bits per heavy atom. The van der Waals surface area contributed by atoms with Gasteiger partial charge >= 0.3 is 0 Å². The molecule has 0 rings (SSSR count). The van der Waals surface area contributed by atoms with E-state index in [1.54, 1.807) is 0 Å². The Balaban J connectivity index is 2.95. The van der Waals surface area contributed by atoms with Gasteiger partial charge in [-0.2, -0.15) is 11.8 Å². The lowest BCUT2D eigenvalue weighted by Gasteiger charge is -2.09. The van der Waals surface area contributed by atoms with Crippen LogP contribution in [0.3, 0.4) is 0 Å². The maximum Gasteiger partial charge on any atom is 0.0966 e. The minimum Gasteiger partial charge on any atom is -0.363 e. The number of hydrogen-bond acceptors (Lipinski definition) is 3. The van der Waals surface area contributed by atoms with Crippen molar-refractivity contribution < 1.29 is 4.74 Å². The molecule has 56 valence electrons. The Kier molecular flexibility index (Phi) is 6.58. The number of ether oxygens (including phenoxy) is 1. The largest absolute Gasteiger partial charge is 0.363 e. The monoisotopic (exact) mass is 149 g/mol. The van der Waals surface area contributed by atoms with Crippen molar-refractivity contribution in [1.82, 2.24) is 5.32 Å². The fourth-order valence-corrected chi connectivity index (χ4v) is 1.07. The SMILES string of the molecule is CNCOC(C)CSC. The first-order valence-corrected chi connectivity index (χ1v) is 4.45. The van der Waals surface area contributed by atoms with E-state index in [4.69, 9.17) is 4.74 Å². The van der Waals surface area contributed by atoms with E-state index in [-0.39, 0.29) is 0 Å². The summed E-state index contributed by atoms with van der Waals surface area (Å²) in [5, 5.41) is 2.93. The molecule has 0 heterocycles. The molecule has 0 aromatic heterocycles. The van der Waals surface area contributed by atoms with E-state index in [9.17, 15) is 0 Å². The summed E-state index contributed by atoms with van der Waals surface area (Å²) in [6.07, 6.45) is 2.45. The van der Waals surface area contributed by atoms with Gasteiger partial charge in [0.2, 0.25) is 0 Å². The first-order chi connectivity index (χ1) is 4.31. The molecular weight excluding hydrogens is 134 g/mol. The third kappa shape index (κ3) is 6.15. The second-order valence-corrected chi connectivity index (χ2v) is 2.84. The van der Waals surface area contributed by atoms with Crippen LogP contribution in [-0.4, -0.2) is 31.9 Å². The van der Waals surface area contributed by atoms with Crippen molar-refractivity contribution in [2.75, 3.05) is 25.8 Å². The Labute approximate surface area is 61.4 Å². The predicted octanol–water partition coefficient (Wildman–Crippen LogP) is 0.931. The summed E-state index contributed by atoms with van der Waals surface area (Å²) >= 11 is 1.81. The number of rotatable bonds is 5. The zero-order valence-electron chi connectivity index (χ0n) is 6.31. The number of nitrogens with one attached hydrogen (secondary N) is 1. The zero-order valence-corrected chi connectivity index (χ0v) is 7.12. The normalized spacial score (nSPS) is 13.7. The highest BCUT2D eigenvalue weighted by Gasteiger charge is 1.97. The molecule has 0 amide bonds. The van der Waals surface area contributed by atoms with Crippen molar-refractivity contribution in [2.45, 2.75) is 13.0 Å². The van der Waals surface area contributed by atoms with Crippen LogP contribution in [0.25, 0.3) is 0 Å². The average molecular weight is 149 g/mol. The van der Waals surface area contributed by atoms with Gasteiger partial charge in [-0.25, -0.2) is 0 Å². The molecule has 0 saturated carbocycles. The van der Waals surface area contributed by atoms with Crippen LogP contribution in [0.4, 0.5) is 0 Å². The molecule has 0 aliphatic heterocycles. The summed E-state index contributed by atoms with van der Waals surface area (Å²) in [5.74, 6) is 1.07. The second-order valence-electron chi connectivity index (χ2n) is 1.93. The van der Waals surface area contributed by atoms with E-state index in [2.05, 4.69) is 18.5 Å². The van der Waals surface area contributed by atoms with Crippen molar-refractivity contribution >= 4 is 11.8 Å². The van der Waals surface area contributed by atoms with Crippen molar-refractivity contribution in [3.63, 3.8) is 0 Å². The number of hydrogen-bond donors (Lipinski definition) is 1. The van der Waals surface area contributed by atoms with Gasteiger partial charge in [0.25, 0.3) is 0 Å². The minimum absolute atomic E-state index is 0.368. The molecule has 0 spiro atoms. The highest BCUT2D eigenvalue weighted by Crippen LogP contribution is 1.98. The van der Waals surface area contributed by atoms with Gasteiger partial charge in [-0.1, -0.05) is 0 Å². The summed E-state index contributed by atoms with van der Waals surface area (Å²) in [4.78, 5) is 0. The molecular formula is C6H15NOS. The van der Waals surface area contributed by atoms with E-state index in [1.807, 2.05) is 18.8 Å². The Morgan fingerprint density at radius 1 is 1.67 bits per heavy atom. The van der Waals surface area contributed by atoms with E-state index in [0.29, 0.717) is 12.8 Å². The van der Waals surface area contributed by atoms with E-state index < -0.39 is 0 Å². The van der Waals surface area contributed by atoms with E-state index >= 15 is 0 Å². The highest BCUT2D eigenvalue weighted by atomic mass is 32.2. The summed E-state index contributed by atoms with van der Waals surface area (Å²) in [6, 6.07) is 0. The van der Waals surface area contributed by atoms with Gasteiger partial charge in [-0.15, -0.1) is 0 Å². The number of thioether (sulfide) groups is 1. The summed E-state index contributed by atoms with van der Waals surface area (Å²) in [5.41, 5.74) is 0. The maximum absolute atomic E-state index is 5.30. The van der Waals surface area contributed by atoms with Crippen LogP contribution in [0, 0.1) is 0 Å². The lowest BCUT2D eigenvalue weighted by atomic mass is 10.5. The van der Waals surface area contributed by atoms with Gasteiger partial charge in [-0.05, 0) is 20.2 Å². The molecule has 1 unspecified atom stereocenters. The van der Waals surface area contributed by atoms with Gasteiger partial charge in [0.15, 0.2) is 0 Å². The van der Waals surface area contributed by atoms with Crippen molar-refractivity contribution in [2.24, 2.45) is 0 Å². The Hall–Kier alpha value is 0.270. The molecule has 0 aromatic rings. The zero-order chi connectivity index (χ0) is 7.11. The molecule has 2 nitrogen and oxygen atoms in total. The molecule has 0 aliphatic carbocycles. The van der Waals surface area contributed by atoms with Crippen LogP contribution in [0.5, 0.6) is 0 Å². The molecule has 9 heavy (non-hydrogen) atoms. The fraction of sp³-hybridized carbons (Fsp3) is 1.00. The van der Waals surface area contributed by atoms with Crippen LogP contribution >= 0.6 is 11.8 Å². The molecule has 0 aliphatic rings. The van der Waals surface area contributed by atoms with Gasteiger partial charge in [0.1, 0.15) is 0 Å². The minimum atomic E-state index is 0.368. The lowest BCUT2D eigenvalue weighted by Crippen LogP contribution is -2.19. The van der Waals surface area contributed by atoms with Gasteiger partial charge < -0.3 is 4.74 Å². The Morgan fingerprint density at radius 3 is 2.78 bits per heavy atom. The molecule has 0 radical (unpaired) electrons. The first-order valence-electron chi connectivity index (χ1n) is 3.06. The van der Waals surface area contributed by atoms with E-state index in [1.165, 1.54) is 0 Å². The van der Waals surface area contributed by atoms with Crippen molar-refractivity contribution in [3.8, 4) is 0 Å². The van der Waals surface area contributed by atoms with Crippen LogP contribution in [-0.2, 0) is 4.74 Å². The topological polar surface area (TPSA) is 21.3 Å². The van der Waals surface area contributed by atoms with Crippen LogP contribution in [0.15, 0.2) is 0 Å². The van der Waals surface area contributed by atoms with E-state index in [0.717, 1.165) is 5.75 Å². The Bertz CT molecular complexity index is 61.0. The quantitative estimate of drug-likeness (QED) is 0.588. The summed E-state index contributed by atoms with van der Waals surface area (Å²) in [7, 11) is 1.88. The molecule has 0 saturated heterocycles. The van der Waals surface area contributed by atoms with Crippen LogP contribution in [0.2, 0.25) is 0 Å². The van der Waals surface area contributed by atoms with Crippen molar-refractivity contribution in [3.05, 3.63) is 0 Å². The molecule has 0 aromatic carbocycles. The van der Waals surface area contributed by atoms with Crippen LogP contribution < -0.4 is 5.32 Å². The highest BCUT2D eigenvalue weighted by molar-refractivity contribution is 7.98. The summed E-state index contributed by atoms with van der Waals surface area (Å²) < 4.78 is 5.30. The molecule has 0 bridgehead atoms. The third-order valence-corrected chi connectivity index (χ3v) is 1.72. The van der Waals surface area contributed by atoms with Crippen LogP contribution in [0.1, 0.15) is 6.92 Å². The smallest absolute Gasteiger partial charge is 0.0966 e. The molecule has 3 heteroatoms.